The SMILES string of the molecule is CCCOc1ncnc(Sc2ccc(Br)cc2)c1N. The van der Waals surface area contributed by atoms with Gasteiger partial charge in [0.1, 0.15) is 17.0 Å². The average Bonchev–Trinajstić information content (AvgIpc) is 2.42. The minimum atomic E-state index is 0.455. The molecule has 0 radical (unpaired) electrons. The quantitative estimate of drug-likeness (QED) is 0.840. The molecule has 0 aliphatic carbocycles. The van der Waals surface area contributed by atoms with Gasteiger partial charge in [0, 0.05) is 9.37 Å². The summed E-state index contributed by atoms with van der Waals surface area (Å²) in [5, 5.41) is 0.712. The summed E-state index contributed by atoms with van der Waals surface area (Å²) in [4.78, 5) is 9.32. The van der Waals surface area contributed by atoms with E-state index < -0.39 is 0 Å². The number of ether oxygens (including phenoxy) is 1. The second-order valence-corrected chi connectivity index (χ2v) is 5.78. The van der Waals surface area contributed by atoms with Crippen LogP contribution in [-0.2, 0) is 0 Å². The number of nitrogens with two attached hydrogens (primary N) is 1. The Morgan fingerprint density at radius 1 is 1.26 bits per heavy atom. The van der Waals surface area contributed by atoms with Crippen LogP contribution in [-0.4, -0.2) is 16.6 Å². The number of nitrogen functional groups attached to an aromatic ring is 1. The molecule has 19 heavy (non-hydrogen) atoms. The van der Waals surface area contributed by atoms with Gasteiger partial charge in [0.25, 0.3) is 0 Å². The smallest absolute Gasteiger partial charge is 0.241 e. The highest BCUT2D eigenvalue weighted by molar-refractivity contribution is 9.10. The second kappa shape index (κ2) is 6.77. The van der Waals surface area contributed by atoms with Crippen LogP contribution >= 0.6 is 27.7 Å². The van der Waals surface area contributed by atoms with Crippen LogP contribution in [0, 0.1) is 0 Å². The highest BCUT2D eigenvalue weighted by atomic mass is 79.9. The van der Waals surface area contributed by atoms with Crippen molar-refractivity contribution in [1.82, 2.24) is 9.97 Å². The van der Waals surface area contributed by atoms with Gasteiger partial charge in [-0.1, -0.05) is 34.6 Å². The number of benzene rings is 1. The summed E-state index contributed by atoms with van der Waals surface area (Å²) in [6.45, 7) is 2.64. The van der Waals surface area contributed by atoms with Gasteiger partial charge in [0.2, 0.25) is 5.88 Å². The zero-order chi connectivity index (χ0) is 13.7. The van der Waals surface area contributed by atoms with Crippen molar-refractivity contribution in [3.63, 3.8) is 0 Å². The summed E-state index contributed by atoms with van der Waals surface area (Å²) in [6.07, 6.45) is 2.39. The summed E-state index contributed by atoms with van der Waals surface area (Å²) < 4.78 is 6.53. The van der Waals surface area contributed by atoms with Gasteiger partial charge in [0.15, 0.2) is 0 Å². The molecule has 1 aromatic carbocycles. The average molecular weight is 340 g/mol. The third kappa shape index (κ3) is 3.84. The molecule has 100 valence electrons. The predicted octanol–water partition coefficient (Wildman–Crippen LogP) is 3.76. The summed E-state index contributed by atoms with van der Waals surface area (Å²) in [7, 11) is 0. The number of anilines is 1. The first-order valence-electron chi connectivity index (χ1n) is 5.87. The highest BCUT2D eigenvalue weighted by Crippen LogP contribution is 2.34. The number of nitrogens with zero attached hydrogens (tertiary/aromatic N) is 2. The van der Waals surface area contributed by atoms with Crippen molar-refractivity contribution in [2.75, 3.05) is 12.3 Å². The molecule has 0 unspecified atom stereocenters. The number of halogens is 1. The normalized spacial score (nSPS) is 10.4. The fourth-order valence-corrected chi connectivity index (χ4v) is 2.43. The lowest BCUT2D eigenvalue weighted by atomic mass is 10.4. The van der Waals surface area contributed by atoms with Crippen molar-refractivity contribution < 1.29 is 4.74 Å². The summed E-state index contributed by atoms with van der Waals surface area (Å²) in [5.41, 5.74) is 6.51. The fourth-order valence-electron chi connectivity index (χ4n) is 1.37. The molecule has 0 fully saturated rings. The largest absolute Gasteiger partial charge is 0.476 e. The van der Waals surface area contributed by atoms with E-state index in [4.69, 9.17) is 10.5 Å². The lowest BCUT2D eigenvalue weighted by Crippen LogP contribution is -2.03. The highest BCUT2D eigenvalue weighted by Gasteiger charge is 2.10. The van der Waals surface area contributed by atoms with Crippen LogP contribution in [0.4, 0.5) is 5.69 Å². The van der Waals surface area contributed by atoms with Gasteiger partial charge in [-0.3, -0.25) is 0 Å². The van der Waals surface area contributed by atoms with Crippen molar-refractivity contribution in [3.05, 3.63) is 35.1 Å². The third-order valence-corrected chi connectivity index (χ3v) is 3.84. The van der Waals surface area contributed by atoms with E-state index in [1.54, 1.807) is 0 Å². The topological polar surface area (TPSA) is 61.0 Å². The molecule has 0 aliphatic rings. The van der Waals surface area contributed by atoms with Gasteiger partial charge < -0.3 is 10.5 Å². The van der Waals surface area contributed by atoms with E-state index in [0.29, 0.717) is 23.2 Å². The molecule has 0 bridgehead atoms. The molecule has 1 heterocycles. The van der Waals surface area contributed by atoms with E-state index in [0.717, 1.165) is 15.8 Å². The van der Waals surface area contributed by atoms with Crippen molar-refractivity contribution in [2.45, 2.75) is 23.3 Å². The van der Waals surface area contributed by atoms with E-state index in [9.17, 15) is 0 Å². The molecule has 0 saturated heterocycles. The van der Waals surface area contributed by atoms with Crippen LogP contribution in [0.1, 0.15) is 13.3 Å². The fraction of sp³-hybridized carbons (Fsp3) is 0.231. The molecule has 1 aromatic heterocycles. The first kappa shape index (κ1) is 14.1. The minimum Gasteiger partial charge on any atom is -0.476 e. The molecule has 2 N–H and O–H groups in total. The van der Waals surface area contributed by atoms with E-state index in [-0.39, 0.29) is 0 Å². The van der Waals surface area contributed by atoms with E-state index >= 15 is 0 Å². The maximum Gasteiger partial charge on any atom is 0.241 e. The number of hydrogen-bond acceptors (Lipinski definition) is 5. The molecule has 0 saturated carbocycles. The Morgan fingerprint density at radius 3 is 2.68 bits per heavy atom. The first-order valence-corrected chi connectivity index (χ1v) is 7.48. The number of hydrogen-bond donors (Lipinski definition) is 1. The molecule has 2 rings (SSSR count). The van der Waals surface area contributed by atoms with Crippen LogP contribution in [0.3, 0.4) is 0 Å². The van der Waals surface area contributed by atoms with E-state index in [1.807, 2.05) is 31.2 Å². The van der Waals surface area contributed by atoms with Gasteiger partial charge >= 0.3 is 0 Å². The maximum atomic E-state index is 6.02. The van der Waals surface area contributed by atoms with Crippen LogP contribution < -0.4 is 10.5 Å². The molecule has 0 amide bonds. The summed E-state index contributed by atoms with van der Waals surface area (Å²) >= 11 is 4.90. The van der Waals surface area contributed by atoms with Crippen LogP contribution in [0.15, 0.2) is 45.0 Å². The van der Waals surface area contributed by atoms with Crippen molar-refractivity contribution >= 4 is 33.4 Å². The monoisotopic (exact) mass is 339 g/mol. The van der Waals surface area contributed by atoms with Crippen LogP contribution in [0.5, 0.6) is 5.88 Å². The standard InChI is InChI=1S/C13H14BrN3OS/c1-2-7-18-12-11(15)13(17-8-16-12)19-10-5-3-9(14)4-6-10/h3-6,8H,2,7,15H2,1H3. The zero-order valence-electron chi connectivity index (χ0n) is 10.5. The Hall–Kier alpha value is -1.27. The summed E-state index contributed by atoms with van der Waals surface area (Å²) in [6, 6.07) is 7.97. The molecule has 4 nitrogen and oxygen atoms in total. The van der Waals surface area contributed by atoms with Crippen LogP contribution in [0.2, 0.25) is 0 Å². The Bertz CT molecular complexity index is 548. The Balaban J connectivity index is 2.18. The van der Waals surface area contributed by atoms with E-state index in [1.165, 1.54) is 18.1 Å². The third-order valence-electron chi connectivity index (χ3n) is 2.28. The van der Waals surface area contributed by atoms with Crippen molar-refractivity contribution in [1.29, 1.82) is 0 Å². The van der Waals surface area contributed by atoms with Gasteiger partial charge in [-0.2, -0.15) is 4.98 Å². The zero-order valence-corrected chi connectivity index (χ0v) is 12.9. The van der Waals surface area contributed by atoms with Gasteiger partial charge in [0.05, 0.1) is 6.61 Å². The maximum absolute atomic E-state index is 6.02. The molecule has 6 heteroatoms. The molecular formula is C13H14BrN3OS. The second-order valence-electron chi connectivity index (χ2n) is 3.80. The minimum absolute atomic E-state index is 0.455. The summed E-state index contributed by atoms with van der Waals surface area (Å²) in [5.74, 6) is 0.455. The first-order chi connectivity index (χ1) is 9.20. The van der Waals surface area contributed by atoms with Crippen LogP contribution in [0.25, 0.3) is 0 Å². The van der Waals surface area contributed by atoms with E-state index in [2.05, 4.69) is 25.9 Å². The van der Waals surface area contributed by atoms with Gasteiger partial charge in [-0.25, -0.2) is 4.98 Å². The number of rotatable bonds is 5. The van der Waals surface area contributed by atoms with Crippen molar-refractivity contribution in [3.8, 4) is 5.88 Å². The Morgan fingerprint density at radius 2 is 2.00 bits per heavy atom. The van der Waals surface area contributed by atoms with Gasteiger partial charge in [-0.15, -0.1) is 0 Å². The molecule has 0 atom stereocenters. The number of aromatic nitrogens is 2. The molecular weight excluding hydrogens is 326 g/mol. The Kier molecular flexibility index (Phi) is 5.04. The predicted molar refractivity (Wildman–Crippen MR) is 80.5 cm³/mol. The van der Waals surface area contributed by atoms with Gasteiger partial charge in [-0.05, 0) is 30.7 Å². The molecule has 0 spiro atoms. The molecule has 2 aromatic rings. The lowest BCUT2D eigenvalue weighted by molar-refractivity contribution is 0.305. The Labute approximate surface area is 124 Å². The lowest BCUT2D eigenvalue weighted by Gasteiger charge is -2.09. The molecule has 0 aliphatic heterocycles. The van der Waals surface area contributed by atoms with Crippen molar-refractivity contribution in [2.24, 2.45) is 0 Å².